The molecule has 7 heterocycles. The molecule has 1 N–H and O–H groups in total. The number of carbonyl (C=O) groups is 3. The van der Waals surface area contributed by atoms with Gasteiger partial charge >= 0.3 is 0 Å². The SMILES string of the molecule is Cc1nn(C2CCC(=O)NC2=O)c(=O)c2ccc(N3CCC(CN4CCN(CC(=O)N5CCC(COc6cnc(-c7cccc(Cn8nc(-c9cccc(C#N)c9)ccc8=O)c7)nc6)CC5)CC4)CC3)cc12. The van der Waals surface area contributed by atoms with E-state index in [0.29, 0.717) is 58.9 Å². The van der Waals surface area contributed by atoms with E-state index in [9.17, 15) is 29.2 Å². The van der Waals surface area contributed by atoms with Crippen LogP contribution < -0.4 is 26.1 Å². The van der Waals surface area contributed by atoms with Gasteiger partial charge in [-0.1, -0.05) is 30.3 Å². The molecule has 1 atom stereocenters. The summed E-state index contributed by atoms with van der Waals surface area (Å²) in [5, 5.41) is 22.0. The number of piperazine rings is 1. The largest absolute Gasteiger partial charge is 0.490 e. The molecule has 0 spiro atoms. The fourth-order valence-corrected chi connectivity index (χ4v) is 10.4. The lowest BCUT2D eigenvalue weighted by molar-refractivity contribution is -0.136. The van der Waals surface area contributed by atoms with Gasteiger partial charge in [-0.2, -0.15) is 15.5 Å². The van der Waals surface area contributed by atoms with Gasteiger partial charge in [-0.05, 0) is 98.9 Å². The van der Waals surface area contributed by atoms with Crippen LogP contribution >= 0.6 is 0 Å². The van der Waals surface area contributed by atoms with Crippen LogP contribution in [0.25, 0.3) is 33.4 Å². The highest BCUT2D eigenvalue weighted by Crippen LogP contribution is 2.29. The third kappa shape index (κ3) is 11.0. The number of nitrogens with zero attached hydrogens (tertiary/aromatic N) is 11. The Morgan fingerprint density at radius 2 is 1.50 bits per heavy atom. The van der Waals surface area contributed by atoms with Crippen LogP contribution in [0, 0.1) is 30.1 Å². The molecule has 0 saturated carbocycles. The van der Waals surface area contributed by atoms with Crippen LogP contribution in [0.5, 0.6) is 5.75 Å². The molecular formula is C54H58N12O6. The molecule has 4 saturated heterocycles. The van der Waals surface area contributed by atoms with Crippen LogP contribution in [0.3, 0.4) is 0 Å². The molecule has 0 aliphatic carbocycles. The summed E-state index contributed by atoms with van der Waals surface area (Å²) in [4.78, 5) is 82.1. The first-order valence-corrected chi connectivity index (χ1v) is 25.0. The number of ether oxygens (including phenoxy) is 1. The molecule has 4 aliphatic rings. The number of rotatable bonds is 13. The average Bonchev–Trinajstić information content (AvgIpc) is 3.41. The van der Waals surface area contributed by atoms with Gasteiger partial charge in [0.25, 0.3) is 17.0 Å². The highest BCUT2D eigenvalue weighted by atomic mass is 16.5. The van der Waals surface area contributed by atoms with E-state index in [1.54, 1.807) is 36.7 Å². The van der Waals surface area contributed by atoms with Gasteiger partial charge < -0.3 is 19.4 Å². The summed E-state index contributed by atoms with van der Waals surface area (Å²) in [6, 6.07) is 25.2. The smallest absolute Gasteiger partial charge is 0.275 e. The number of hydrogen-bond acceptors (Lipinski definition) is 14. The summed E-state index contributed by atoms with van der Waals surface area (Å²) in [7, 11) is 0. The molecule has 3 amide bonds. The number of piperidine rings is 3. The number of aromatic nitrogens is 6. The Balaban J connectivity index is 0.628. The minimum atomic E-state index is -0.791. The first-order valence-electron chi connectivity index (χ1n) is 25.0. The van der Waals surface area contributed by atoms with Gasteiger partial charge in [0, 0.05) is 93.6 Å². The second kappa shape index (κ2) is 21.4. The van der Waals surface area contributed by atoms with E-state index in [-0.39, 0.29) is 42.3 Å². The van der Waals surface area contributed by atoms with Gasteiger partial charge in [0.05, 0.1) is 60.5 Å². The predicted octanol–water partition coefficient (Wildman–Crippen LogP) is 4.43. The summed E-state index contributed by atoms with van der Waals surface area (Å²) in [5.41, 5.74) is 4.74. The first-order chi connectivity index (χ1) is 35.0. The lowest BCUT2D eigenvalue weighted by Crippen LogP contribution is -2.52. The lowest BCUT2D eigenvalue weighted by Gasteiger charge is -2.40. The van der Waals surface area contributed by atoms with E-state index in [4.69, 9.17) is 4.74 Å². The quantitative estimate of drug-likeness (QED) is 0.159. The van der Waals surface area contributed by atoms with E-state index in [0.717, 1.165) is 112 Å². The van der Waals surface area contributed by atoms with Crippen molar-refractivity contribution in [2.75, 3.05) is 77.0 Å². The van der Waals surface area contributed by atoms with Gasteiger partial charge in [0.15, 0.2) is 11.6 Å². The second-order valence-electron chi connectivity index (χ2n) is 19.5. The Morgan fingerprint density at radius 1 is 0.764 bits per heavy atom. The van der Waals surface area contributed by atoms with Gasteiger partial charge in [-0.25, -0.2) is 19.3 Å². The standard InChI is InChI=1S/C54H58N12O6/c1-36-46-28-43(8-9-45(46)54(71)66(59-36)48-11-12-49(67)58-53(48)70)63-18-14-37(15-19-63)32-61-22-24-62(25-23-61)34-51(69)64-20-16-38(17-21-64)35-72-44-30-56-52(57-31-44)42-7-3-5-40(27-42)33-65-50(68)13-10-47(60-65)41-6-2-4-39(26-41)29-55/h2-10,13,26-28,30-31,37-38,48H,11-12,14-25,32-35H2,1H3,(H,58,67,70). The highest BCUT2D eigenvalue weighted by molar-refractivity contribution is 5.99. The monoisotopic (exact) mass is 970 g/mol. The van der Waals surface area contributed by atoms with E-state index >= 15 is 0 Å². The number of carbonyl (C=O) groups excluding carboxylic acids is 3. The zero-order valence-electron chi connectivity index (χ0n) is 40.5. The molecule has 1 unspecified atom stereocenters. The molecule has 18 nitrogen and oxygen atoms in total. The fourth-order valence-electron chi connectivity index (χ4n) is 10.4. The topological polar surface area (TPSA) is 205 Å². The van der Waals surface area contributed by atoms with E-state index < -0.39 is 11.9 Å². The van der Waals surface area contributed by atoms with Gasteiger partial charge in [-0.15, -0.1) is 0 Å². The summed E-state index contributed by atoms with van der Waals surface area (Å²) >= 11 is 0. The van der Waals surface area contributed by atoms with Crippen LogP contribution in [-0.2, 0) is 20.9 Å². The molecule has 4 fully saturated rings. The van der Waals surface area contributed by atoms with Crippen molar-refractivity contribution in [1.29, 1.82) is 5.26 Å². The summed E-state index contributed by atoms with van der Waals surface area (Å²) in [5.74, 6) is 1.43. The maximum atomic E-state index is 13.4. The number of amides is 3. The molecule has 0 bridgehead atoms. The van der Waals surface area contributed by atoms with Crippen molar-refractivity contribution in [2.45, 2.75) is 58.0 Å². The van der Waals surface area contributed by atoms with E-state index in [1.165, 1.54) is 15.4 Å². The summed E-state index contributed by atoms with van der Waals surface area (Å²) < 4.78 is 8.78. The fraction of sp³-hybridized carbons (Fsp3) is 0.407. The first kappa shape index (κ1) is 48.0. The number of nitriles is 1. The van der Waals surface area contributed by atoms with Gasteiger partial charge in [0.2, 0.25) is 11.8 Å². The third-order valence-electron chi connectivity index (χ3n) is 14.7. The zero-order valence-corrected chi connectivity index (χ0v) is 40.5. The number of benzene rings is 3. The minimum absolute atomic E-state index is 0.180. The number of aryl methyl sites for hydroxylation is 1. The highest BCUT2D eigenvalue weighted by Gasteiger charge is 2.32. The van der Waals surface area contributed by atoms with Crippen LogP contribution in [-0.4, -0.2) is 134 Å². The summed E-state index contributed by atoms with van der Waals surface area (Å²) in [6.45, 7) is 11.1. The Morgan fingerprint density at radius 3 is 2.26 bits per heavy atom. The molecule has 6 aromatic rings. The number of anilines is 1. The van der Waals surface area contributed by atoms with Crippen molar-refractivity contribution in [1.82, 2.24) is 49.5 Å². The van der Waals surface area contributed by atoms with Crippen LogP contribution in [0.4, 0.5) is 5.69 Å². The molecule has 3 aromatic carbocycles. The molecule has 18 heteroatoms. The van der Waals surface area contributed by atoms with Crippen molar-refractivity contribution in [3.63, 3.8) is 0 Å². The third-order valence-corrected chi connectivity index (χ3v) is 14.7. The normalized spacial score (nSPS) is 18.5. The maximum absolute atomic E-state index is 13.4. The number of likely N-dealkylation sites (tertiary alicyclic amines) is 1. The Labute approximate surface area is 416 Å². The Hall–Kier alpha value is -7.62. The molecule has 3 aromatic heterocycles. The Kier molecular flexibility index (Phi) is 14.3. The lowest BCUT2D eigenvalue weighted by atomic mass is 9.95. The minimum Gasteiger partial charge on any atom is -0.490 e. The predicted molar refractivity (Wildman–Crippen MR) is 270 cm³/mol. The molecular weight excluding hydrogens is 913 g/mol. The Bertz CT molecular complexity index is 3140. The van der Waals surface area contributed by atoms with E-state index in [2.05, 4.69) is 46.3 Å². The van der Waals surface area contributed by atoms with Crippen molar-refractivity contribution in [2.24, 2.45) is 11.8 Å². The number of hydrogen-bond donors (Lipinski definition) is 1. The summed E-state index contributed by atoms with van der Waals surface area (Å²) in [6.07, 6.45) is 7.72. The second-order valence-corrected chi connectivity index (χ2v) is 19.5. The molecule has 0 radical (unpaired) electrons. The van der Waals surface area contributed by atoms with Crippen molar-refractivity contribution >= 4 is 34.2 Å². The van der Waals surface area contributed by atoms with Gasteiger partial charge in [0.1, 0.15) is 6.04 Å². The molecule has 370 valence electrons. The molecule has 4 aliphatic heterocycles. The van der Waals surface area contributed by atoms with Gasteiger partial charge in [-0.3, -0.25) is 34.2 Å². The zero-order chi connectivity index (χ0) is 49.7. The molecule has 72 heavy (non-hydrogen) atoms. The molecule has 10 rings (SSSR count). The number of imide groups is 1. The maximum Gasteiger partial charge on any atom is 0.275 e. The average molecular weight is 971 g/mol. The number of nitrogens with one attached hydrogen (secondary N) is 1. The van der Waals surface area contributed by atoms with Crippen molar-refractivity contribution in [3.05, 3.63) is 129 Å². The number of fused-ring (bicyclic) bond motifs is 1. The van der Waals surface area contributed by atoms with Crippen LogP contribution in [0.2, 0.25) is 0 Å². The van der Waals surface area contributed by atoms with Crippen molar-refractivity contribution < 1.29 is 19.1 Å². The van der Waals surface area contributed by atoms with E-state index in [1.807, 2.05) is 60.4 Å². The van der Waals surface area contributed by atoms with Crippen molar-refractivity contribution in [3.8, 4) is 34.5 Å². The van der Waals surface area contributed by atoms with Crippen LogP contribution in [0.15, 0.2) is 101 Å². The van der Waals surface area contributed by atoms with Crippen LogP contribution in [0.1, 0.15) is 61.4 Å².